The Bertz CT molecular complexity index is 673. The van der Waals surface area contributed by atoms with Crippen LogP contribution in [-0.2, 0) is 13.0 Å². The molecule has 0 spiro atoms. The van der Waals surface area contributed by atoms with Gasteiger partial charge in [0, 0.05) is 23.5 Å². The quantitative estimate of drug-likeness (QED) is 0.885. The number of carbonyl (C=O) groups is 1. The van der Waals surface area contributed by atoms with Gasteiger partial charge >= 0.3 is 0 Å². The molecule has 1 aliphatic rings. The number of ketones is 1. The van der Waals surface area contributed by atoms with Crippen LogP contribution < -0.4 is 5.73 Å². The second-order valence-electron chi connectivity index (χ2n) is 5.56. The highest BCUT2D eigenvalue weighted by molar-refractivity contribution is 7.16. The smallest absolute Gasteiger partial charge is 0.196 e. The molecule has 1 aromatic heterocycles. The monoisotopic (exact) mass is 300 g/mol. The van der Waals surface area contributed by atoms with Crippen molar-refractivity contribution in [3.8, 4) is 0 Å². The lowest BCUT2D eigenvalue weighted by Crippen LogP contribution is -2.29. The molecule has 0 fully saturated rings. The van der Waals surface area contributed by atoms with Crippen LogP contribution in [0.1, 0.15) is 38.8 Å². The standard InChI is InChI=1S/C17H20N2OS/c1-3-19-9-8-13-14(10-19)21-17(18)15(13)16(20)12-6-4-11(2)5-7-12/h4-7H,3,8-10,18H2,1-2H3. The first-order valence-electron chi connectivity index (χ1n) is 7.34. The lowest BCUT2D eigenvalue weighted by molar-refractivity contribution is 0.103. The molecule has 0 saturated heterocycles. The SMILES string of the molecule is CCN1CCc2c(sc(N)c2C(=O)c2ccc(C)cc2)C1. The number of hydrogen-bond acceptors (Lipinski definition) is 4. The Hall–Kier alpha value is -1.65. The Kier molecular flexibility index (Phi) is 3.83. The summed E-state index contributed by atoms with van der Waals surface area (Å²) < 4.78 is 0. The summed E-state index contributed by atoms with van der Waals surface area (Å²) in [6.45, 7) is 7.16. The van der Waals surface area contributed by atoms with Crippen LogP contribution in [0.4, 0.5) is 5.00 Å². The molecule has 3 nitrogen and oxygen atoms in total. The molecule has 0 unspecified atom stereocenters. The summed E-state index contributed by atoms with van der Waals surface area (Å²) >= 11 is 1.58. The van der Waals surface area contributed by atoms with Crippen LogP contribution >= 0.6 is 11.3 Å². The van der Waals surface area contributed by atoms with Crippen molar-refractivity contribution in [3.05, 3.63) is 51.4 Å². The third-order valence-electron chi connectivity index (χ3n) is 4.15. The van der Waals surface area contributed by atoms with E-state index in [1.807, 2.05) is 31.2 Å². The van der Waals surface area contributed by atoms with E-state index < -0.39 is 0 Å². The Morgan fingerprint density at radius 1 is 1.33 bits per heavy atom. The first kappa shape index (κ1) is 14.3. The highest BCUT2D eigenvalue weighted by Crippen LogP contribution is 2.36. The van der Waals surface area contributed by atoms with Gasteiger partial charge in [0.05, 0.1) is 10.6 Å². The predicted molar refractivity (Wildman–Crippen MR) is 88.0 cm³/mol. The first-order valence-corrected chi connectivity index (χ1v) is 8.15. The summed E-state index contributed by atoms with van der Waals surface area (Å²) in [6.07, 6.45) is 0.920. The van der Waals surface area contributed by atoms with Crippen molar-refractivity contribution in [1.29, 1.82) is 0 Å². The number of nitrogen functional groups attached to an aromatic ring is 1. The normalized spacial score (nSPS) is 15.0. The fraction of sp³-hybridized carbons (Fsp3) is 0.353. The molecule has 1 aliphatic heterocycles. The molecule has 0 saturated carbocycles. The van der Waals surface area contributed by atoms with Gasteiger partial charge in [-0.25, -0.2) is 0 Å². The van der Waals surface area contributed by atoms with Gasteiger partial charge in [-0.05, 0) is 25.5 Å². The van der Waals surface area contributed by atoms with Crippen LogP contribution in [0, 0.1) is 6.92 Å². The Morgan fingerprint density at radius 2 is 2.05 bits per heavy atom. The molecule has 110 valence electrons. The molecular formula is C17H20N2OS. The molecule has 0 bridgehead atoms. The van der Waals surface area contributed by atoms with Gasteiger partial charge < -0.3 is 5.73 Å². The molecule has 0 radical (unpaired) electrons. The van der Waals surface area contributed by atoms with Crippen molar-refractivity contribution < 1.29 is 4.79 Å². The van der Waals surface area contributed by atoms with Gasteiger partial charge in [-0.2, -0.15) is 0 Å². The molecule has 3 rings (SSSR count). The van der Waals surface area contributed by atoms with E-state index in [4.69, 9.17) is 5.73 Å². The van der Waals surface area contributed by atoms with Crippen molar-refractivity contribution in [2.45, 2.75) is 26.8 Å². The van der Waals surface area contributed by atoms with E-state index in [1.54, 1.807) is 11.3 Å². The number of carbonyl (C=O) groups excluding carboxylic acids is 1. The fourth-order valence-electron chi connectivity index (χ4n) is 2.85. The molecule has 1 aromatic carbocycles. The van der Waals surface area contributed by atoms with Crippen molar-refractivity contribution in [1.82, 2.24) is 4.90 Å². The number of likely N-dealkylation sites (N-methyl/N-ethyl adjacent to an activating group) is 1. The van der Waals surface area contributed by atoms with Gasteiger partial charge in [0.1, 0.15) is 0 Å². The van der Waals surface area contributed by atoms with Crippen LogP contribution in [0.15, 0.2) is 24.3 Å². The Labute approximate surface area is 129 Å². The number of fused-ring (bicyclic) bond motifs is 1. The first-order chi connectivity index (χ1) is 10.1. The summed E-state index contributed by atoms with van der Waals surface area (Å²) in [5, 5.41) is 0.670. The van der Waals surface area contributed by atoms with E-state index in [0.717, 1.165) is 42.7 Å². The highest BCUT2D eigenvalue weighted by atomic mass is 32.1. The minimum absolute atomic E-state index is 0.0648. The summed E-state index contributed by atoms with van der Waals surface area (Å²) in [5.74, 6) is 0.0648. The van der Waals surface area contributed by atoms with Crippen molar-refractivity contribution in [3.63, 3.8) is 0 Å². The lowest BCUT2D eigenvalue weighted by Gasteiger charge is -2.25. The summed E-state index contributed by atoms with van der Waals surface area (Å²) in [6, 6.07) is 7.73. The number of benzene rings is 1. The van der Waals surface area contributed by atoms with Gasteiger partial charge in [0.25, 0.3) is 0 Å². The fourth-order valence-corrected chi connectivity index (χ4v) is 4.00. The van der Waals surface area contributed by atoms with E-state index in [0.29, 0.717) is 5.00 Å². The zero-order valence-electron chi connectivity index (χ0n) is 12.5. The number of hydrogen-bond donors (Lipinski definition) is 1. The van der Waals surface area contributed by atoms with Gasteiger partial charge in [0.15, 0.2) is 5.78 Å². The average Bonchev–Trinajstić information content (AvgIpc) is 2.82. The molecule has 2 N–H and O–H groups in total. The molecule has 4 heteroatoms. The van der Waals surface area contributed by atoms with Crippen LogP contribution in [-0.4, -0.2) is 23.8 Å². The number of anilines is 1. The maximum absolute atomic E-state index is 12.8. The van der Waals surface area contributed by atoms with Gasteiger partial charge in [-0.15, -0.1) is 11.3 Å². The largest absolute Gasteiger partial charge is 0.390 e. The zero-order valence-corrected chi connectivity index (χ0v) is 13.3. The number of rotatable bonds is 3. The maximum atomic E-state index is 12.8. The van der Waals surface area contributed by atoms with Crippen LogP contribution in [0.5, 0.6) is 0 Å². The van der Waals surface area contributed by atoms with Crippen molar-refractivity contribution in [2.24, 2.45) is 0 Å². The number of aryl methyl sites for hydroxylation is 1. The molecule has 21 heavy (non-hydrogen) atoms. The zero-order chi connectivity index (χ0) is 15.0. The minimum Gasteiger partial charge on any atom is -0.390 e. The van der Waals surface area contributed by atoms with E-state index in [9.17, 15) is 4.79 Å². The van der Waals surface area contributed by atoms with E-state index >= 15 is 0 Å². The van der Waals surface area contributed by atoms with Gasteiger partial charge in [-0.1, -0.05) is 36.8 Å². The molecular weight excluding hydrogens is 280 g/mol. The Balaban J connectivity index is 1.98. The molecule has 0 amide bonds. The summed E-state index contributed by atoms with van der Waals surface area (Å²) in [4.78, 5) is 16.4. The summed E-state index contributed by atoms with van der Waals surface area (Å²) in [5.41, 5.74) is 9.96. The van der Waals surface area contributed by atoms with E-state index in [1.165, 1.54) is 10.4 Å². The van der Waals surface area contributed by atoms with Crippen molar-refractivity contribution in [2.75, 3.05) is 18.8 Å². The Morgan fingerprint density at radius 3 is 2.71 bits per heavy atom. The number of nitrogens with zero attached hydrogens (tertiary/aromatic N) is 1. The lowest BCUT2D eigenvalue weighted by atomic mass is 9.96. The molecule has 0 atom stereocenters. The third-order valence-corrected chi connectivity index (χ3v) is 5.20. The molecule has 0 aliphatic carbocycles. The predicted octanol–water partition coefficient (Wildman–Crippen LogP) is 3.25. The molecule has 2 heterocycles. The van der Waals surface area contributed by atoms with Gasteiger partial charge in [-0.3, -0.25) is 9.69 Å². The van der Waals surface area contributed by atoms with Crippen LogP contribution in [0.3, 0.4) is 0 Å². The van der Waals surface area contributed by atoms with E-state index in [2.05, 4.69) is 11.8 Å². The maximum Gasteiger partial charge on any atom is 0.196 e. The van der Waals surface area contributed by atoms with Gasteiger partial charge in [0.2, 0.25) is 0 Å². The van der Waals surface area contributed by atoms with Crippen LogP contribution in [0.25, 0.3) is 0 Å². The second kappa shape index (κ2) is 5.62. The molecule has 2 aromatic rings. The van der Waals surface area contributed by atoms with E-state index in [-0.39, 0.29) is 5.78 Å². The second-order valence-corrected chi connectivity index (χ2v) is 6.69. The van der Waals surface area contributed by atoms with Crippen LogP contribution in [0.2, 0.25) is 0 Å². The topological polar surface area (TPSA) is 46.3 Å². The number of nitrogens with two attached hydrogens (primary N) is 1. The highest BCUT2D eigenvalue weighted by Gasteiger charge is 2.26. The minimum atomic E-state index is 0.0648. The summed E-state index contributed by atoms with van der Waals surface area (Å²) in [7, 11) is 0. The number of thiophene rings is 1. The average molecular weight is 300 g/mol. The third kappa shape index (κ3) is 2.61. The van der Waals surface area contributed by atoms with Crippen molar-refractivity contribution >= 4 is 22.1 Å².